The van der Waals surface area contributed by atoms with E-state index >= 15 is 0 Å². The minimum Gasteiger partial charge on any atom is -0.462 e. The van der Waals surface area contributed by atoms with Crippen LogP contribution in [0.4, 0.5) is 0 Å². The van der Waals surface area contributed by atoms with Crippen LogP contribution in [0.2, 0.25) is 5.02 Å². The molecule has 1 rings (SSSR count). The summed E-state index contributed by atoms with van der Waals surface area (Å²) in [6.07, 6.45) is 3.84. The zero-order chi connectivity index (χ0) is 8.97. The van der Waals surface area contributed by atoms with Crippen molar-refractivity contribution in [1.82, 2.24) is 4.98 Å². The molecule has 0 aromatic carbocycles. The Morgan fingerprint density at radius 3 is 3.17 bits per heavy atom. The number of nitrogens with zero attached hydrogens (tertiary/aromatic N) is 1. The predicted octanol–water partition coefficient (Wildman–Crippen LogP) is 1.71. The van der Waals surface area contributed by atoms with Gasteiger partial charge in [0.05, 0.1) is 23.4 Å². The molecule has 0 aliphatic carbocycles. The van der Waals surface area contributed by atoms with Gasteiger partial charge in [0.25, 0.3) is 0 Å². The van der Waals surface area contributed by atoms with Crippen LogP contribution in [0.1, 0.15) is 17.3 Å². The molecular weight excluding hydrogens is 178 g/mol. The average Bonchev–Trinajstić information content (AvgIpc) is 2.05. The van der Waals surface area contributed by atoms with Gasteiger partial charge in [-0.2, -0.15) is 0 Å². The number of hydrogen-bond donors (Lipinski definition) is 0. The average molecular weight is 185 g/mol. The molecule has 0 saturated carbocycles. The lowest BCUT2D eigenvalue weighted by Crippen LogP contribution is -2.05. The molecule has 0 atom stereocenters. The molecule has 63 valence electrons. The maximum atomic E-state index is 11.1. The van der Waals surface area contributed by atoms with Gasteiger partial charge in [0, 0.05) is 6.20 Å². The van der Waals surface area contributed by atoms with Gasteiger partial charge in [0.15, 0.2) is 0 Å². The van der Waals surface area contributed by atoms with Crippen LogP contribution in [0, 0.1) is 6.20 Å². The summed E-state index contributed by atoms with van der Waals surface area (Å²) in [5.41, 5.74) is 0.275. The highest BCUT2D eigenvalue weighted by atomic mass is 35.5. The van der Waals surface area contributed by atoms with Crippen molar-refractivity contribution in [3.63, 3.8) is 0 Å². The summed E-state index contributed by atoms with van der Waals surface area (Å²) in [6, 6.07) is 1.42. The van der Waals surface area contributed by atoms with Gasteiger partial charge >= 0.3 is 5.97 Å². The molecule has 1 aromatic heterocycles. The second-order valence-corrected chi connectivity index (χ2v) is 2.42. The lowest BCUT2D eigenvalue weighted by Gasteiger charge is -2.01. The van der Waals surface area contributed by atoms with Crippen LogP contribution in [-0.4, -0.2) is 17.6 Å². The van der Waals surface area contributed by atoms with Gasteiger partial charge in [-0.3, -0.25) is 4.98 Å². The first-order chi connectivity index (χ1) is 5.75. The Labute approximate surface area is 75.3 Å². The SMILES string of the molecule is CCOC(=O)c1cn[c]cc1Cl. The summed E-state index contributed by atoms with van der Waals surface area (Å²) in [7, 11) is 0. The monoisotopic (exact) mass is 184 g/mol. The van der Waals surface area contributed by atoms with E-state index in [2.05, 4.69) is 11.2 Å². The van der Waals surface area contributed by atoms with Crippen molar-refractivity contribution in [2.24, 2.45) is 0 Å². The van der Waals surface area contributed by atoms with Crippen LogP contribution in [-0.2, 0) is 4.74 Å². The molecule has 0 bridgehead atoms. The van der Waals surface area contributed by atoms with E-state index in [0.717, 1.165) is 0 Å². The number of esters is 1. The minimum atomic E-state index is -0.455. The molecule has 0 fully saturated rings. The molecule has 12 heavy (non-hydrogen) atoms. The predicted molar refractivity (Wildman–Crippen MR) is 44.0 cm³/mol. The summed E-state index contributed by atoms with van der Waals surface area (Å²) in [6.45, 7) is 2.06. The zero-order valence-electron chi connectivity index (χ0n) is 6.50. The second-order valence-electron chi connectivity index (χ2n) is 2.01. The highest BCUT2D eigenvalue weighted by molar-refractivity contribution is 6.33. The molecule has 1 heterocycles. The molecule has 0 aliphatic heterocycles. The fourth-order valence-electron chi connectivity index (χ4n) is 0.694. The topological polar surface area (TPSA) is 39.2 Å². The van der Waals surface area contributed by atoms with Crippen LogP contribution in [0.5, 0.6) is 0 Å². The second kappa shape index (κ2) is 4.07. The summed E-state index contributed by atoms with van der Waals surface area (Å²) in [5.74, 6) is -0.455. The smallest absolute Gasteiger partial charge is 0.341 e. The van der Waals surface area contributed by atoms with Crippen molar-refractivity contribution in [3.8, 4) is 0 Å². The van der Waals surface area contributed by atoms with Crippen molar-refractivity contribution in [2.45, 2.75) is 6.92 Å². The van der Waals surface area contributed by atoms with Crippen molar-refractivity contribution in [2.75, 3.05) is 6.61 Å². The van der Waals surface area contributed by atoms with Gasteiger partial charge in [0.2, 0.25) is 0 Å². The number of halogens is 1. The number of hydrogen-bond acceptors (Lipinski definition) is 3. The first-order valence-electron chi connectivity index (χ1n) is 3.44. The minimum absolute atomic E-state index is 0.275. The van der Waals surface area contributed by atoms with Crippen LogP contribution in [0.3, 0.4) is 0 Å². The molecular formula is C8H7ClNO2. The molecule has 0 amide bonds. The van der Waals surface area contributed by atoms with E-state index in [1.54, 1.807) is 6.92 Å². The first-order valence-corrected chi connectivity index (χ1v) is 3.82. The normalized spacial score (nSPS) is 9.50. The molecule has 3 nitrogen and oxygen atoms in total. The number of carbonyl (C=O) groups excluding carboxylic acids is 1. The summed E-state index contributed by atoms with van der Waals surface area (Å²) < 4.78 is 4.73. The van der Waals surface area contributed by atoms with E-state index in [9.17, 15) is 4.79 Å². The van der Waals surface area contributed by atoms with E-state index in [-0.39, 0.29) is 5.56 Å². The zero-order valence-corrected chi connectivity index (χ0v) is 7.26. The van der Waals surface area contributed by atoms with Crippen molar-refractivity contribution in [3.05, 3.63) is 29.0 Å². The van der Waals surface area contributed by atoms with E-state index in [4.69, 9.17) is 16.3 Å². The van der Waals surface area contributed by atoms with Gasteiger partial charge in [-0.25, -0.2) is 4.79 Å². The Balaban J connectivity index is 2.87. The van der Waals surface area contributed by atoms with Gasteiger partial charge in [-0.1, -0.05) is 11.6 Å². The fraction of sp³-hybridized carbons (Fsp3) is 0.250. The molecule has 0 spiro atoms. The third-order valence-electron chi connectivity index (χ3n) is 1.21. The standard InChI is InChI=1S/C8H7ClNO2/c1-2-12-8(11)6-5-10-4-3-7(6)9/h3,5H,2H2,1H3. The van der Waals surface area contributed by atoms with Crippen LogP contribution in [0.25, 0.3) is 0 Å². The molecule has 0 saturated heterocycles. The highest BCUT2D eigenvalue weighted by Gasteiger charge is 2.10. The maximum absolute atomic E-state index is 11.1. The Kier molecular flexibility index (Phi) is 3.05. The third kappa shape index (κ3) is 1.95. The van der Waals surface area contributed by atoms with E-state index in [0.29, 0.717) is 11.6 Å². The van der Waals surface area contributed by atoms with Gasteiger partial charge < -0.3 is 4.74 Å². The number of carbonyl (C=O) groups is 1. The number of rotatable bonds is 2. The van der Waals surface area contributed by atoms with E-state index in [1.165, 1.54) is 12.3 Å². The Bertz CT molecular complexity index is 288. The van der Waals surface area contributed by atoms with Gasteiger partial charge in [-0.05, 0) is 13.0 Å². The van der Waals surface area contributed by atoms with E-state index in [1.807, 2.05) is 0 Å². The van der Waals surface area contributed by atoms with E-state index < -0.39 is 5.97 Å². The molecule has 0 aliphatic rings. The molecule has 1 aromatic rings. The summed E-state index contributed by atoms with van der Waals surface area (Å²) in [4.78, 5) is 14.7. The summed E-state index contributed by atoms with van der Waals surface area (Å²) in [5, 5.41) is 0.309. The number of ether oxygens (including phenoxy) is 1. The lowest BCUT2D eigenvalue weighted by atomic mass is 10.3. The summed E-state index contributed by atoms with van der Waals surface area (Å²) >= 11 is 5.68. The maximum Gasteiger partial charge on any atom is 0.341 e. The Hall–Kier alpha value is -1.09. The highest BCUT2D eigenvalue weighted by Crippen LogP contribution is 2.13. The van der Waals surface area contributed by atoms with Crippen molar-refractivity contribution < 1.29 is 9.53 Å². The van der Waals surface area contributed by atoms with Crippen LogP contribution in [0.15, 0.2) is 12.3 Å². The number of aromatic nitrogens is 1. The van der Waals surface area contributed by atoms with Crippen LogP contribution >= 0.6 is 11.6 Å². The third-order valence-corrected chi connectivity index (χ3v) is 1.52. The number of pyridine rings is 1. The lowest BCUT2D eigenvalue weighted by molar-refractivity contribution is 0.0526. The largest absolute Gasteiger partial charge is 0.462 e. The molecule has 0 N–H and O–H groups in total. The van der Waals surface area contributed by atoms with Gasteiger partial charge in [-0.15, -0.1) is 0 Å². The quantitative estimate of drug-likeness (QED) is 0.657. The first kappa shape index (κ1) is 9.00. The van der Waals surface area contributed by atoms with Crippen LogP contribution < -0.4 is 0 Å². The van der Waals surface area contributed by atoms with Crippen molar-refractivity contribution >= 4 is 17.6 Å². The molecule has 0 unspecified atom stereocenters. The van der Waals surface area contributed by atoms with Crippen molar-refractivity contribution in [1.29, 1.82) is 0 Å². The fourth-order valence-corrected chi connectivity index (χ4v) is 0.869. The Morgan fingerprint density at radius 1 is 1.83 bits per heavy atom. The molecule has 1 radical (unpaired) electrons. The molecule has 4 heteroatoms. The Morgan fingerprint density at radius 2 is 2.58 bits per heavy atom. The van der Waals surface area contributed by atoms with Gasteiger partial charge in [0.1, 0.15) is 0 Å².